The lowest BCUT2D eigenvalue weighted by Gasteiger charge is -2.29. The first kappa shape index (κ1) is 33.6. The van der Waals surface area contributed by atoms with E-state index in [9.17, 15) is 0 Å². The molecule has 2 nitrogen and oxygen atoms in total. The molecule has 0 spiro atoms. The summed E-state index contributed by atoms with van der Waals surface area (Å²) < 4.78 is 2.40. The van der Waals surface area contributed by atoms with Crippen molar-refractivity contribution in [3.63, 3.8) is 0 Å². The van der Waals surface area contributed by atoms with Crippen LogP contribution in [0.4, 0.5) is 17.1 Å². The Kier molecular flexibility index (Phi) is 8.19. The molecule has 0 N–H and O–H groups in total. The summed E-state index contributed by atoms with van der Waals surface area (Å²) in [7, 11) is 0. The standard InChI is InChI=1S/C56H38N2/c1-2-15-42(16-3-1)51-34-31-47(46-28-26-40-14-5-7-18-44(40)36-46)37-56(51)57(48-32-29-41(30-33-48)45-27-25-39-13-4-6-17-43(39)35-45)49-19-12-20-50(38-49)58-54-23-10-8-21-52(54)53-22-9-11-24-55(53)58/h1-38H. The average Bonchev–Trinajstić information content (AvgIpc) is 3.64. The summed E-state index contributed by atoms with van der Waals surface area (Å²) in [4.78, 5) is 2.44. The predicted octanol–water partition coefficient (Wildman–Crippen LogP) is 15.6. The van der Waals surface area contributed by atoms with E-state index in [2.05, 4.69) is 240 Å². The van der Waals surface area contributed by atoms with Gasteiger partial charge in [-0.25, -0.2) is 0 Å². The van der Waals surface area contributed by atoms with Gasteiger partial charge in [0, 0.05) is 33.4 Å². The fourth-order valence-corrected chi connectivity index (χ4v) is 8.70. The Morgan fingerprint density at radius 2 is 0.810 bits per heavy atom. The van der Waals surface area contributed by atoms with Gasteiger partial charge in [-0.15, -0.1) is 0 Å². The lowest BCUT2D eigenvalue weighted by molar-refractivity contribution is 1.17. The highest BCUT2D eigenvalue weighted by Crippen LogP contribution is 2.44. The van der Waals surface area contributed by atoms with Gasteiger partial charge in [-0.05, 0) is 110 Å². The van der Waals surface area contributed by atoms with Gasteiger partial charge in [0.15, 0.2) is 0 Å². The van der Waals surface area contributed by atoms with Crippen molar-refractivity contribution in [2.75, 3.05) is 4.90 Å². The van der Waals surface area contributed by atoms with Gasteiger partial charge in [0.1, 0.15) is 0 Å². The lowest BCUT2D eigenvalue weighted by atomic mass is 9.95. The molecule has 1 aromatic heterocycles. The molecule has 10 aromatic carbocycles. The summed E-state index contributed by atoms with van der Waals surface area (Å²) in [6, 6.07) is 83.9. The Balaban J connectivity index is 1.13. The molecule has 272 valence electrons. The highest BCUT2D eigenvalue weighted by molar-refractivity contribution is 6.09. The largest absolute Gasteiger partial charge is 0.310 e. The monoisotopic (exact) mass is 738 g/mol. The number of fused-ring (bicyclic) bond motifs is 5. The van der Waals surface area contributed by atoms with E-state index in [0.717, 1.165) is 33.9 Å². The van der Waals surface area contributed by atoms with Gasteiger partial charge in [0.25, 0.3) is 0 Å². The molecule has 2 heteroatoms. The fraction of sp³-hybridized carbons (Fsp3) is 0. The third-order valence-corrected chi connectivity index (χ3v) is 11.5. The Morgan fingerprint density at radius 1 is 0.293 bits per heavy atom. The first-order valence-electron chi connectivity index (χ1n) is 19.9. The second kappa shape index (κ2) is 14.1. The molecule has 0 saturated carbocycles. The number of rotatable bonds is 7. The highest BCUT2D eigenvalue weighted by atomic mass is 15.1. The number of benzene rings is 10. The van der Waals surface area contributed by atoms with Crippen LogP contribution in [0.1, 0.15) is 0 Å². The van der Waals surface area contributed by atoms with Gasteiger partial charge < -0.3 is 9.47 Å². The molecular formula is C56H38N2. The Hall–Kier alpha value is -7.68. The quantitative estimate of drug-likeness (QED) is 0.158. The zero-order valence-corrected chi connectivity index (χ0v) is 31.8. The third-order valence-electron chi connectivity index (χ3n) is 11.5. The minimum absolute atomic E-state index is 1.07. The van der Waals surface area contributed by atoms with Crippen molar-refractivity contribution >= 4 is 60.4 Å². The summed E-state index contributed by atoms with van der Waals surface area (Å²) >= 11 is 0. The van der Waals surface area contributed by atoms with E-state index in [4.69, 9.17) is 0 Å². The molecule has 0 fully saturated rings. The van der Waals surface area contributed by atoms with Gasteiger partial charge in [0.2, 0.25) is 0 Å². The number of para-hydroxylation sites is 2. The minimum atomic E-state index is 1.07. The Morgan fingerprint density at radius 3 is 1.47 bits per heavy atom. The van der Waals surface area contributed by atoms with Gasteiger partial charge in [0.05, 0.1) is 16.7 Å². The second-order valence-corrected chi connectivity index (χ2v) is 15.0. The van der Waals surface area contributed by atoms with Crippen LogP contribution in [0.25, 0.3) is 82.4 Å². The van der Waals surface area contributed by atoms with Gasteiger partial charge >= 0.3 is 0 Å². The van der Waals surface area contributed by atoms with Crippen LogP contribution in [0.5, 0.6) is 0 Å². The van der Waals surface area contributed by atoms with Crippen molar-refractivity contribution in [2.45, 2.75) is 0 Å². The highest BCUT2D eigenvalue weighted by Gasteiger charge is 2.21. The van der Waals surface area contributed by atoms with Crippen molar-refractivity contribution < 1.29 is 0 Å². The van der Waals surface area contributed by atoms with E-state index in [0.29, 0.717) is 0 Å². The van der Waals surface area contributed by atoms with E-state index in [-0.39, 0.29) is 0 Å². The maximum Gasteiger partial charge on any atom is 0.0546 e. The van der Waals surface area contributed by atoms with Crippen molar-refractivity contribution in [3.05, 3.63) is 231 Å². The van der Waals surface area contributed by atoms with E-state index >= 15 is 0 Å². The molecule has 0 amide bonds. The first-order chi connectivity index (χ1) is 28.7. The Bertz CT molecular complexity index is 3230. The summed E-state index contributed by atoms with van der Waals surface area (Å²) in [6.45, 7) is 0. The number of hydrogen-bond donors (Lipinski definition) is 0. The summed E-state index contributed by atoms with van der Waals surface area (Å²) in [5.41, 5.74) is 13.8. The molecule has 0 unspecified atom stereocenters. The zero-order chi connectivity index (χ0) is 38.4. The average molecular weight is 739 g/mol. The Labute approximate surface area is 338 Å². The molecule has 0 aliphatic heterocycles. The van der Waals surface area contributed by atoms with Crippen LogP contribution in [-0.4, -0.2) is 4.57 Å². The van der Waals surface area contributed by atoms with Crippen LogP contribution in [0.2, 0.25) is 0 Å². The number of anilines is 3. The smallest absolute Gasteiger partial charge is 0.0546 e. The minimum Gasteiger partial charge on any atom is -0.310 e. The van der Waals surface area contributed by atoms with Crippen LogP contribution in [0.15, 0.2) is 231 Å². The molecule has 11 rings (SSSR count). The van der Waals surface area contributed by atoms with E-state index in [1.54, 1.807) is 0 Å². The first-order valence-corrected chi connectivity index (χ1v) is 19.9. The molecule has 0 bridgehead atoms. The molecule has 0 aliphatic carbocycles. The van der Waals surface area contributed by atoms with E-state index < -0.39 is 0 Å². The van der Waals surface area contributed by atoms with Crippen molar-refractivity contribution in [2.24, 2.45) is 0 Å². The molecule has 0 radical (unpaired) electrons. The number of aromatic nitrogens is 1. The van der Waals surface area contributed by atoms with Crippen LogP contribution >= 0.6 is 0 Å². The zero-order valence-electron chi connectivity index (χ0n) is 31.8. The third kappa shape index (κ3) is 5.91. The van der Waals surface area contributed by atoms with Crippen LogP contribution in [-0.2, 0) is 0 Å². The van der Waals surface area contributed by atoms with Crippen LogP contribution in [0, 0.1) is 0 Å². The second-order valence-electron chi connectivity index (χ2n) is 15.0. The van der Waals surface area contributed by atoms with Crippen molar-refractivity contribution in [1.82, 2.24) is 4.57 Å². The summed E-state index contributed by atoms with van der Waals surface area (Å²) in [5.74, 6) is 0. The van der Waals surface area contributed by atoms with Gasteiger partial charge in [-0.1, -0.05) is 170 Å². The molecule has 0 aliphatic rings. The van der Waals surface area contributed by atoms with Crippen LogP contribution < -0.4 is 4.90 Å². The van der Waals surface area contributed by atoms with Crippen LogP contribution in [0.3, 0.4) is 0 Å². The topological polar surface area (TPSA) is 8.17 Å². The number of nitrogens with zero attached hydrogens (tertiary/aromatic N) is 2. The molecule has 11 aromatic rings. The molecule has 0 saturated heterocycles. The van der Waals surface area contributed by atoms with Crippen molar-refractivity contribution in [1.29, 1.82) is 0 Å². The summed E-state index contributed by atoms with van der Waals surface area (Å²) in [5, 5.41) is 7.46. The predicted molar refractivity (Wildman–Crippen MR) is 247 cm³/mol. The van der Waals surface area contributed by atoms with Gasteiger partial charge in [-0.3, -0.25) is 0 Å². The maximum absolute atomic E-state index is 2.44. The molecule has 1 heterocycles. The van der Waals surface area contributed by atoms with Gasteiger partial charge in [-0.2, -0.15) is 0 Å². The molecular weight excluding hydrogens is 701 g/mol. The van der Waals surface area contributed by atoms with Crippen molar-refractivity contribution in [3.8, 4) is 39.1 Å². The van der Waals surface area contributed by atoms with E-state index in [1.807, 2.05) is 0 Å². The van der Waals surface area contributed by atoms with E-state index in [1.165, 1.54) is 65.6 Å². The maximum atomic E-state index is 2.44. The number of hydrogen-bond acceptors (Lipinski definition) is 1. The fourth-order valence-electron chi connectivity index (χ4n) is 8.70. The molecule has 0 atom stereocenters. The lowest BCUT2D eigenvalue weighted by Crippen LogP contribution is -2.12. The molecule has 58 heavy (non-hydrogen) atoms. The SMILES string of the molecule is c1ccc(-c2ccc(-c3ccc4ccccc4c3)cc2N(c2ccc(-c3ccc4ccccc4c3)cc2)c2cccc(-n3c4ccccc4c4ccccc43)c2)cc1. The normalized spacial score (nSPS) is 11.4. The summed E-state index contributed by atoms with van der Waals surface area (Å²) in [6.07, 6.45) is 0.